The first-order chi connectivity index (χ1) is 12.7. The Labute approximate surface area is 163 Å². The summed E-state index contributed by atoms with van der Waals surface area (Å²) in [6.07, 6.45) is 10.4. The van der Waals surface area contributed by atoms with Crippen molar-refractivity contribution < 1.29 is 4.74 Å². The highest BCUT2D eigenvalue weighted by atomic mass is 35.5. The second kappa shape index (κ2) is 8.31. The van der Waals surface area contributed by atoms with Gasteiger partial charge in [-0.15, -0.1) is 11.3 Å². The number of hydrogen-bond acceptors (Lipinski definition) is 6. The Hall–Kier alpha value is -1.05. The van der Waals surface area contributed by atoms with Crippen LogP contribution in [0.15, 0.2) is 30.7 Å². The van der Waals surface area contributed by atoms with Crippen LogP contribution in [-0.2, 0) is 17.8 Å². The number of aromatic nitrogens is 2. The molecule has 140 valence electrons. The van der Waals surface area contributed by atoms with E-state index in [1.165, 1.54) is 29.7 Å². The molecule has 1 saturated heterocycles. The van der Waals surface area contributed by atoms with Gasteiger partial charge in [-0.3, -0.25) is 9.88 Å². The molecule has 2 atom stereocenters. The van der Waals surface area contributed by atoms with Crippen molar-refractivity contribution in [3.05, 3.63) is 45.6 Å². The van der Waals surface area contributed by atoms with E-state index in [9.17, 15) is 0 Å². The van der Waals surface area contributed by atoms with Gasteiger partial charge in [0.1, 0.15) is 0 Å². The van der Waals surface area contributed by atoms with Gasteiger partial charge in [-0.25, -0.2) is 4.98 Å². The molecule has 2 aromatic heterocycles. The molecule has 0 bridgehead atoms. The molecule has 7 heteroatoms. The molecule has 4 rings (SSSR count). The number of morpholine rings is 1. The molecule has 26 heavy (non-hydrogen) atoms. The Morgan fingerprint density at radius 3 is 3.15 bits per heavy atom. The van der Waals surface area contributed by atoms with Crippen molar-refractivity contribution in [2.75, 3.05) is 19.7 Å². The zero-order chi connectivity index (χ0) is 17.8. The zero-order valence-corrected chi connectivity index (χ0v) is 16.4. The molecule has 1 saturated carbocycles. The number of thiazole rings is 1. The lowest BCUT2D eigenvalue weighted by molar-refractivity contribution is -0.145. The minimum absolute atomic E-state index is 0.0901. The van der Waals surface area contributed by atoms with E-state index in [0.717, 1.165) is 39.2 Å². The van der Waals surface area contributed by atoms with Crippen LogP contribution >= 0.6 is 22.9 Å². The predicted molar refractivity (Wildman–Crippen MR) is 104 cm³/mol. The van der Waals surface area contributed by atoms with Crippen molar-refractivity contribution in [3.8, 4) is 0 Å². The highest BCUT2D eigenvalue weighted by Crippen LogP contribution is 2.36. The van der Waals surface area contributed by atoms with Gasteiger partial charge in [0.2, 0.25) is 0 Å². The maximum atomic E-state index is 6.42. The fourth-order valence-corrected chi connectivity index (χ4v) is 5.22. The normalized spacial score (nSPS) is 27.0. The fourth-order valence-electron chi connectivity index (χ4n) is 4.20. The lowest BCUT2D eigenvalue weighted by Gasteiger charge is -2.50. The molecule has 5 nitrogen and oxygen atoms in total. The molecule has 2 aromatic rings. The van der Waals surface area contributed by atoms with Crippen LogP contribution in [0.5, 0.6) is 0 Å². The van der Waals surface area contributed by atoms with E-state index in [0.29, 0.717) is 10.5 Å². The fraction of sp³-hybridized carbons (Fsp3) is 0.579. The van der Waals surface area contributed by atoms with Crippen LogP contribution < -0.4 is 5.32 Å². The topological polar surface area (TPSA) is 50.3 Å². The lowest BCUT2D eigenvalue weighted by atomic mass is 9.78. The van der Waals surface area contributed by atoms with Crippen molar-refractivity contribution >= 4 is 22.9 Å². The average molecular weight is 393 g/mol. The van der Waals surface area contributed by atoms with E-state index in [-0.39, 0.29) is 5.60 Å². The SMILES string of the molecule is Clc1ncc(CN2CCO[C@@]3(CCCC[C@H]3NCc3cccnc3)C2)s1. The maximum absolute atomic E-state index is 6.42. The van der Waals surface area contributed by atoms with E-state index >= 15 is 0 Å². The van der Waals surface area contributed by atoms with E-state index in [2.05, 4.69) is 26.3 Å². The minimum Gasteiger partial charge on any atom is -0.371 e. The van der Waals surface area contributed by atoms with Gasteiger partial charge in [0.25, 0.3) is 0 Å². The first-order valence-corrected chi connectivity index (χ1v) is 10.5. The summed E-state index contributed by atoms with van der Waals surface area (Å²) in [6.45, 7) is 4.47. The summed E-state index contributed by atoms with van der Waals surface area (Å²) < 4.78 is 7.04. The van der Waals surface area contributed by atoms with Crippen LogP contribution in [0.3, 0.4) is 0 Å². The monoisotopic (exact) mass is 392 g/mol. The Bertz CT molecular complexity index is 709. The molecule has 0 aromatic carbocycles. The van der Waals surface area contributed by atoms with Crippen LogP contribution in [0.2, 0.25) is 4.47 Å². The van der Waals surface area contributed by atoms with Crippen LogP contribution in [0.4, 0.5) is 0 Å². The Morgan fingerprint density at radius 2 is 2.35 bits per heavy atom. The third kappa shape index (κ3) is 4.26. The van der Waals surface area contributed by atoms with Gasteiger partial charge in [-0.1, -0.05) is 30.5 Å². The first-order valence-electron chi connectivity index (χ1n) is 9.32. The molecular formula is C19H25ClN4OS. The summed E-state index contributed by atoms with van der Waals surface area (Å²) in [4.78, 5) is 12.1. The van der Waals surface area contributed by atoms with Gasteiger partial charge >= 0.3 is 0 Å². The third-order valence-corrected chi connectivity index (χ3v) is 6.55. The molecular weight excluding hydrogens is 368 g/mol. The van der Waals surface area contributed by atoms with Crippen molar-refractivity contribution in [2.24, 2.45) is 0 Å². The number of nitrogens with one attached hydrogen (secondary N) is 1. The first kappa shape index (κ1) is 18.3. The lowest BCUT2D eigenvalue weighted by Crippen LogP contribution is -2.63. The number of ether oxygens (including phenoxy) is 1. The van der Waals surface area contributed by atoms with Gasteiger partial charge in [-0.2, -0.15) is 0 Å². The van der Waals surface area contributed by atoms with E-state index in [1.807, 2.05) is 24.7 Å². The average Bonchev–Trinajstić information content (AvgIpc) is 3.07. The molecule has 0 amide bonds. The molecule has 1 aliphatic carbocycles. The Kier molecular flexibility index (Phi) is 5.86. The van der Waals surface area contributed by atoms with Crippen molar-refractivity contribution in [2.45, 2.75) is 50.4 Å². The smallest absolute Gasteiger partial charge is 0.183 e. The van der Waals surface area contributed by atoms with Crippen LogP contribution in [-0.4, -0.2) is 46.2 Å². The molecule has 0 radical (unpaired) electrons. The van der Waals surface area contributed by atoms with Crippen molar-refractivity contribution in [3.63, 3.8) is 0 Å². The van der Waals surface area contributed by atoms with Crippen LogP contribution in [0.1, 0.15) is 36.1 Å². The number of halogens is 1. The van der Waals surface area contributed by atoms with Gasteiger partial charge < -0.3 is 10.1 Å². The van der Waals surface area contributed by atoms with Gasteiger partial charge in [0.05, 0.1) is 12.2 Å². The second-order valence-electron chi connectivity index (χ2n) is 7.24. The molecule has 1 aliphatic heterocycles. The van der Waals surface area contributed by atoms with Crippen LogP contribution in [0.25, 0.3) is 0 Å². The zero-order valence-electron chi connectivity index (χ0n) is 14.9. The predicted octanol–water partition coefficient (Wildman–Crippen LogP) is 3.49. The van der Waals surface area contributed by atoms with Crippen molar-refractivity contribution in [1.29, 1.82) is 0 Å². The number of nitrogens with zero attached hydrogens (tertiary/aromatic N) is 3. The Balaban J connectivity index is 1.42. The van der Waals surface area contributed by atoms with Crippen molar-refractivity contribution in [1.82, 2.24) is 20.2 Å². The second-order valence-corrected chi connectivity index (χ2v) is 8.94. The maximum Gasteiger partial charge on any atom is 0.183 e. The Morgan fingerprint density at radius 1 is 1.38 bits per heavy atom. The minimum atomic E-state index is -0.0901. The highest BCUT2D eigenvalue weighted by molar-refractivity contribution is 7.15. The number of hydrogen-bond donors (Lipinski definition) is 1. The quantitative estimate of drug-likeness (QED) is 0.843. The third-order valence-electron chi connectivity index (χ3n) is 5.45. The molecule has 2 aliphatic rings. The molecule has 1 spiro atoms. The van der Waals surface area contributed by atoms with E-state index in [1.54, 1.807) is 11.3 Å². The van der Waals surface area contributed by atoms with Gasteiger partial charge in [0.15, 0.2) is 4.47 Å². The standard InChI is InChI=1S/C19H25ClN4OS/c20-18-23-12-16(26-18)13-24-8-9-25-19(14-24)6-2-1-5-17(19)22-11-15-4-3-7-21-10-15/h3-4,7,10,12,17,22H,1-2,5-6,8-9,11,13-14H2/t17-,19+/m1/s1. The summed E-state index contributed by atoms with van der Waals surface area (Å²) in [5.41, 5.74) is 1.13. The molecule has 0 unspecified atom stereocenters. The summed E-state index contributed by atoms with van der Waals surface area (Å²) in [5.74, 6) is 0. The van der Waals surface area contributed by atoms with Crippen LogP contribution in [0, 0.1) is 0 Å². The van der Waals surface area contributed by atoms with Gasteiger partial charge in [0, 0.05) is 55.7 Å². The number of rotatable bonds is 5. The molecule has 3 heterocycles. The highest BCUT2D eigenvalue weighted by Gasteiger charge is 2.44. The summed E-state index contributed by atoms with van der Waals surface area (Å²) in [6, 6.07) is 4.49. The molecule has 1 N–H and O–H groups in total. The van der Waals surface area contributed by atoms with Gasteiger partial charge in [-0.05, 0) is 24.5 Å². The van der Waals surface area contributed by atoms with E-state index in [4.69, 9.17) is 16.3 Å². The van der Waals surface area contributed by atoms with E-state index < -0.39 is 0 Å². The molecule has 2 fully saturated rings. The summed E-state index contributed by atoms with van der Waals surface area (Å²) in [5, 5.41) is 3.76. The summed E-state index contributed by atoms with van der Waals surface area (Å²) in [7, 11) is 0. The summed E-state index contributed by atoms with van der Waals surface area (Å²) >= 11 is 7.57. The number of pyridine rings is 1. The largest absolute Gasteiger partial charge is 0.371 e.